The third-order valence-corrected chi connectivity index (χ3v) is 3.03. The second kappa shape index (κ2) is 3.81. The Bertz CT molecular complexity index is 778. The summed E-state index contributed by atoms with van der Waals surface area (Å²) in [6.45, 7) is 1.95. The Balaban J connectivity index is 2.49. The number of para-hydroxylation sites is 1. The van der Waals surface area contributed by atoms with Crippen LogP contribution in [0.4, 0.5) is 0 Å². The maximum atomic E-state index is 11.5. The third-order valence-electron chi connectivity index (χ3n) is 3.03. The van der Waals surface area contributed by atoms with E-state index in [9.17, 15) is 4.79 Å². The van der Waals surface area contributed by atoms with E-state index in [1.165, 1.54) is 0 Å². The van der Waals surface area contributed by atoms with Crippen molar-refractivity contribution in [1.82, 2.24) is 4.98 Å². The number of carbonyl (C=O) groups excluding carboxylic acids is 1. The van der Waals surface area contributed by atoms with E-state index in [1.807, 2.05) is 43.3 Å². The van der Waals surface area contributed by atoms with Crippen LogP contribution >= 0.6 is 0 Å². The van der Waals surface area contributed by atoms with Gasteiger partial charge in [0.05, 0.1) is 16.6 Å². The average molecular weight is 236 g/mol. The number of hydrogen-bond donors (Lipinski definition) is 1. The molecule has 3 nitrogen and oxygen atoms in total. The average Bonchev–Trinajstić information content (AvgIpc) is 2.35. The summed E-state index contributed by atoms with van der Waals surface area (Å²) in [6, 6.07) is 13.7. The number of nitrogens with zero attached hydrogens (tertiary/aromatic N) is 1. The summed E-state index contributed by atoms with van der Waals surface area (Å²) in [5, 5.41) is 2.01. The Hall–Kier alpha value is -2.42. The van der Waals surface area contributed by atoms with Crippen molar-refractivity contribution in [3.05, 3.63) is 53.6 Å². The molecular weight excluding hydrogens is 224 g/mol. The number of amides is 1. The largest absolute Gasteiger partial charge is 0.366 e. The molecule has 2 N–H and O–H groups in total. The number of primary amides is 1. The van der Waals surface area contributed by atoms with Gasteiger partial charge in [-0.3, -0.25) is 4.79 Å². The normalized spacial score (nSPS) is 10.9. The van der Waals surface area contributed by atoms with Gasteiger partial charge in [0.1, 0.15) is 0 Å². The van der Waals surface area contributed by atoms with Gasteiger partial charge in [0.25, 0.3) is 5.91 Å². The predicted molar refractivity (Wildman–Crippen MR) is 72.5 cm³/mol. The zero-order valence-electron chi connectivity index (χ0n) is 9.97. The van der Waals surface area contributed by atoms with Crippen LogP contribution in [0.2, 0.25) is 0 Å². The molecule has 3 heteroatoms. The molecule has 0 unspecified atom stereocenters. The van der Waals surface area contributed by atoms with Crippen LogP contribution < -0.4 is 5.73 Å². The second-order valence-corrected chi connectivity index (χ2v) is 4.43. The molecule has 0 saturated carbocycles. The van der Waals surface area contributed by atoms with Crippen LogP contribution in [0.5, 0.6) is 0 Å². The van der Waals surface area contributed by atoms with Gasteiger partial charge in [-0.15, -0.1) is 0 Å². The summed E-state index contributed by atoms with van der Waals surface area (Å²) in [5.74, 6) is -0.438. The molecule has 1 aromatic heterocycles. The van der Waals surface area contributed by atoms with Crippen LogP contribution in [-0.4, -0.2) is 10.9 Å². The van der Waals surface area contributed by atoms with E-state index < -0.39 is 5.91 Å². The van der Waals surface area contributed by atoms with Gasteiger partial charge in [0.2, 0.25) is 0 Å². The summed E-state index contributed by atoms with van der Waals surface area (Å²) in [7, 11) is 0. The Kier molecular flexibility index (Phi) is 2.27. The number of pyridine rings is 1. The van der Waals surface area contributed by atoms with Crippen molar-refractivity contribution in [2.24, 2.45) is 5.73 Å². The van der Waals surface area contributed by atoms with Crippen LogP contribution in [0.15, 0.2) is 42.5 Å². The quantitative estimate of drug-likeness (QED) is 0.660. The molecule has 0 radical (unpaired) electrons. The molecule has 0 bridgehead atoms. The van der Waals surface area contributed by atoms with Crippen molar-refractivity contribution in [3.63, 3.8) is 0 Å². The van der Waals surface area contributed by atoms with Gasteiger partial charge in [-0.05, 0) is 36.8 Å². The molecule has 3 aromatic rings. The van der Waals surface area contributed by atoms with Gasteiger partial charge < -0.3 is 5.73 Å². The maximum Gasteiger partial charge on any atom is 0.250 e. The summed E-state index contributed by atoms with van der Waals surface area (Å²) < 4.78 is 0. The number of benzene rings is 2. The van der Waals surface area contributed by atoms with Crippen LogP contribution in [-0.2, 0) is 0 Å². The highest BCUT2D eigenvalue weighted by molar-refractivity contribution is 6.07. The molecule has 0 aliphatic heterocycles. The first-order chi connectivity index (χ1) is 8.65. The maximum absolute atomic E-state index is 11.5. The zero-order chi connectivity index (χ0) is 12.7. The van der Waals surface area contributed by atoms with Gasteiger partial charge in [-0.2, -0.15) is 0 Å². The first-order valence-corrected chi connectivity index (χ1v) is 5.75. The van der Waals surface area contributed by atoms with Gasteiger partial charge in [0.15, 0.2) is 0 Å². The Morgan fingerprint density at radius 3 is 2.67 bits per heavy atom. The lowest BCUT2D eigenvalue weighted by Crippen LogP contribution is -2.12. The lowest BCUT2D eigenvalue weighted by Gasteiger charge is -2.06. The van der Waals surface area contributed by atoms with Crippen LogP contribution in [0.3, 0.4) is 0 Å². The fourth-order valence-corrected chi connectivity index (χ4v) is 2.23. The molecular formula is C15H12N2O. The number of aromatic nitrogens is 1. The molecule has 88 valence electrons. The van der Waals surface area contributed by atoms with Crippen molar-refractivity contribution < 1.29 is 4.79 Å². The Labute approximate surface area is 104 Å². The molecule has 0 atom stereocenters. The minimum absolute atomic E-state index is 0.438. The van der Waals surface area contributed by atoms with Crippen molar-refractivity contribution in [3.8, 4) is 0 Å². The molecule has 0 fully saturated rings. The minimum Gasteiger partial charge on any atom is -0.366 e. The molecule has 0 aliphatic carbocycles. The summed E-state index contributed by atoms with van der Waals surface area (Å²) in [5.41, 5.74) is 8.45. The van der Waals surface area contributed by atoms with Crippen molar-refractivity contribution in [1.29, 1.82) is 0 Å². The lowest BCUT2D eigenvalue weighted by molar-refractivity contribution is 0.100. The number of rotatable bonds is 1. The van der Waals surface area contributed by atoms with E-state index in [0.717, 1.165) is 21.9 Å². The van der Waals surface area contributed by atoms with E-state index >= 15 is 0 Å². The number of hydrogen-bond acceptors (Lipinski definition) is 2. The second-order valence-electron chi connectivity index (χ2n) is 4.43. The first-order valence-electron chi connectivity index (χ1n) is 5.75. The van der Waals surface area contributed by atoms with E-state index in [4.69, 9.17) is 5.73 Å². The van der Waals surface area contributed by atoms with E-state index in [2.05, 4.69) is 4.98 Å². The Morgan fingerprint density at radius 2 is 1.89 bits per heavy atom. The number of aryl methyl sites for hydroxylation is 1. The third kappa shape index (κ3) is 1.61. The number of fused-ring (bicyclic) bond motifs is 2. The van der Waals surface area contributed by atoms with Gasteiger partial charge >= 0.3 is 0 Å². The van der Waals surface area contributed by atoms with Gasteiger partial charge in [0, 0.05) is 10.8 Å². The SMILES string of the molecule is Cc1cc(C(N)=O)c2nc3ccccc3cc2c1. The van der Waals surface area contributed by atoms with Gasteiger partial charge in [-0.25, -0.2) is 4.98 Å². The molecule has 3 rings (SSSR count). The van der Waals surface area contributed by atoms with Crippen LogP contribution in [0.1, 0.15) is 15.9 Å². The van der Waals surface area contributed by atoms with E-state index in [0.29, 0.717) is 11.1 Å². The van der Waals surface area contributed by atoms with Crippen molar-refractivity contribution in [2.45, 2.75) is 6.92 Å². The van der Waals surface area contributed by atoms with E-state index in [-0.39, 0.29) is 0 Å². The summed E-state index contributed by atoms with van der Waals surface area (Å²) >= 11 is 0. The Morgan fingerprint density at radius 1 is 1.11 bits per heavy atom. The molecule has 0 spiro atoms. The molecule has 2 aromatic carbocycles. The highest BCUT2D eigenvalue weighted by Crippen LogP contribution is 2.23. The summed E-state index contributed by atoms with van der Waals surface area (Å²) in [4.78, 5) is 16.0. The molecule has 1 amide bonds. The number of carbonyl (C=O) groups is 1. The molecule has 0 saturated heterocycles. The lowest BCUT2D eigenvalue weighted by atomic mass is 10.0. The van der Waals surface area contributed by atoms with Crippen LogP contribution in [0.25, 0.3) is 21.8 Å². The summed E-state index contributed by atoms with van der Waals surface area (Å²) in [6.07, 6.45) is 0. The van der Waals surface area contributed by atoms with Crippen LogP contribution in [0, 0.1) is 6.92 Å². The first kappa shape index (κ1) is 10.7. The fraction of sp³-hybridized carbons (Fsp3) is 0.0667. The topological polar surface area (TPSA) is 56.0 Å². The molecule has 18 heavy (non-hydrogen) atoms. The monoisotopic (exact) mass is 236 g/mol. The fourth-order valence-electron chi connectivity index (χ4n) is 2.23. The highest BCUT2D eigenvalue weighted by atomic mass is 16.1. The van der Waals surface area contributed by atoms with Crippen molar-refractivity contribution in [2.75, 3.05) is 0 Å². The predicted octanol–water partition coefficient (Wildman–Crippen LogP) is 2.80. The standard InChI is InChI=1S/C15H12N2O/c1-9-6-11-8-10-4-2-3-5-13(10)17-14(11)12(7-9)15(16)18/h2-8H,1H3,(H2,16,18). The van der Waals surface area contributed by atoms with E-state index in [1.54, 1.807) is 6.07 Å². The zero-order valence-corrected chi connectivity index (χ0v) is 9.97. The smallest absolute Gasteiger partial charge is 0.250 e. The van der Waals surface area contributed by atoms with Gasteiger partial charge in [-0.1, -0.05) is 18.2 Å². The number of nitrogens with two attached hydrogens (primary N) is 1. The molecule has 0 aliphatic rings. The highest BCUT2D eigenvalue weighted by Gasteiger charge is 2.10. The molecule has 1 heterocycles. The van der Waals surface area contributed by atoms with Crippen molar-refractivity contribution >= 4 is 27.7 Å². The minimum atomic E-state index is -0.438.